The number of hydrogen-bond acceptors (Lipinski definition) is 1. The Balaban J connectivity index is 0. The Labute approximate surface area is 237 Å². The van der Waals surface area contributed by atoms with Gasteiger partial charge in [-0.05, 0) is 37.8 Å². The number of rotatable bonds is 22. The van der Waals surface area contributed by atoms with Crippen molar-refractivity contribution in [3.8, 4) is 0 Å². The van der Waals surface area contributed by atoms with Crippen molar-refractivity contribution in [1.29, 1.82) is 0 Å². The van der Waals surface area contributed by atoms with E-state index in [-0.39, 0.29) is 24.8 Å². The molecule has 0 saturated carbocycles. The second-order valence-electron chi connectivity index (χ2n) is 12.0. The summed E-state index contributed by atoms with van der Waals surface area (Å²) < 4.78 is 2.26. The van der Waals surface area contributed by atoms with Gasteiger partial charge in [0.1, 0.15) is 13.1 Å². The molecule has 0 N–H and O–H groups in total. The van der Waals surface area contributed by atoms with Gasteiger partial charge in [-0.2, -0.15) is 0 Å². The van der Waals surface area contributed by atoms with Crippen molar-refractivity contribution in [3.05, 3.63) is 21.9 Å². The standard InChI is InChI=1S/C30H60N2S.2ClH/c1-7-9-11-13-15-17-19-21-25-31(3,4)27-29-23-24-30(33-29)28-32(5,6)26-22-20-18-16-14-12-10-8-2;;/h23-24H,7-22,25-28H2,1-6H3;2*1H/q+2;;/p-2. The molecule has 0 unspecified atom stereocenters. The highest BCUT2D eigenvalue weighted by Gasteiger charge is 2.20. The smallest absolute Gasteiger partial charge is 0.113 e. The molecule has 0 bridgehead atoms. The quantitative estimate of drug-likeness (QED) is 0.153. The Morgan fingerprint density at radius 1 is 0.486 bits per heavy atom. The van der Waals surface area contributed by atoms with Crippen molar-refractivity contribution in [3.63, 3.8) is 0 Å². The van der Waals surface area contributed by atoms with Gasteiger partial charge in [-0.25, -0.2) is 0 Å². The zero-order valence-electron chi connectivity index (χ0n) is 24.4. The maximum Gasteiger partial charge on any atom is 0.113 e. The van der Waals surface area contributed by atoms with Crippen molar-refractivity contribution in [1.82, 2.24) is 0 Å². The molecule has 0 saturated heterocycles. The minimum absolute atomic E-state index is 0. The molecule has 0 spiro atoms. The van der Waals surface area contributed by atoms with Crippen molar-refractivity contribution < 1.29 is 33.8 Å². The molecule has 1 aromatic rings. The van der Waals surface area contributed by atoms with Crippen LogP contribution in [0.2, 0.25) is 0 Å². The van der Waals surface area contributed by atoms with Crippen LogP contribution in [0.25, 0.3) is 0 Å². The number of nitrogens with zero attached hydrogens (tertiary/aromatic N) is 2. The summed E-state index contributed by atoms with van der Waals surface area (Å²) in [5.74, 6) is 0. The lowest BCUT2D eigenvalue weighted by atomic mass is 10.1. The number of quaternary nitrogens is 2. The molecule has 35 heavy (non-hydrogen) atoms. The van der Waals surface area contributed by atoms with E-state index in [1.54, 1.807) is 9.75 Å². The van der Waals surface area contributed by atoms with E-state index >= 15 is 0 Å². The van der Waals surface area contributed by atoms with Gasteiger partial charge < -0.3 is 33.8 Å². The summed E-state index contributed by atoms with van der Waals surface area (Å²) >= 11 is 2.07. The molecule has 0 fully saturated rings. The molecule has 0 aromatic carbocycles. The predicted octanol–water partition coefficient (Wildman–Crippen LogP) is 3.19. The molecule has 1 aromatic heterocycles. The van der Waals surface area contributed by atoms with Crippen LogP contribution in [0.5, 0.6) is 0 Å². The zero-order chi connectivity index (χ0) is 24.4. The van der Waals surface area contributed by atoms with Gasteiger partial charge in [0, 0.05) is 0 Å². The van der Waals surface area contributed by atoms with E-state index in [4.69, 9.17) is 0 Å². The third kappa shape index (κ3) is 20.9. The molecule has 1 heterocycles. The first kappa shape index (κ1) is 37.4. The largest absolute Gasteiger partial charge is 1.00 e. The number of thiophene rings is 1. The molecule has 0 aliphatic carbocycles. The fraction of sp³-hybridized carbons (Fsp3) is 0.867. The summed E-state index contributed by atoms with van der Waals surface area (Å²) in [5.41, 5.74) is 0. The van der Waals surface area contributed by atoms with Crippen LogP contribution < -0.4 is 24.8 Å². The highest BCUT2D eigenvalue weighted by Crippen LogP contribution is 2.24. The van der Waals surface area contributed by atoms with Gasteiger partial charge in [0.05, 0.1) is 51.0 Å². The van der Waals surface area contributed by atoms with Gasteiger partial charge in [-0.3, -0.25) is 0 Å². The van der Waals surface area contributed by atoms with Gasteiger partial charge >= 0.3 is 0 Å². The average molecular weight is 552 g/mol. The van der Waals surface area contributed by atoms with Crippen molar-refractivity contribution in [2.24, 2.45) is 0 Å². The van der Waals surface area contributed by atoms with Gasteiger partial charge in [-0.15, -0.1) is 11.3 Å². The monoisotopic (exact) mass is 550 g/mol. The van der Waals surface area contributed by atoms with Crippen molar-refractivity contribution in [2.45, 2.75) is 130 Å². The van der Waals surface area contributed by atoms with Crippen LogP contribution in [-0.4, -0.2) is 50.2 Å². The summed E-state index contributed by atoms with van der Waals surface area (Å²) in [7, 11) is 9.68. The highest BCUT2D eigenvalue weighted by molar-refractivity contribution is 7.11. The summed E-state index contributed by atoms with van der Waals surface area (Å²) in [6.07, 6.45) is 22.6. The lowest BCUT2D eigenvalue weighted by molar-refractivity contribution is -0.903. The molecular formula is C30H60Cl2N2S. The van der Waals surface area contributed by atoms with Crippen LogP contribution in [0.15, 0.2) is 12.1 Å². The molecule has 1 rings (SSSR count). The third-order valence-corrected chi connectivity index (χ3v) is 8.17. The van der Waals surface area contributed by atoms with E-state index in [0.29, 0.717) is 0 Å². The van der Waals surface area contributed by atoms with E-state index < -0.39 is 0 Å². The fourth-order valence-corrected chi connectivity index (χ4v) is 6.38. The van der Waals surface area contributed by atoms with E-state index in [9.17, 15) is 0 Å². The Morgan fingerprint density at radius 2 is 0.771 bits per heavy atom. The summed E-state index contributed by atoms with van der Waals surface area (Å²) in [6, 6.07) is 4.81. The van der Waals surface area contributed by atoms with Crippen LogP contribution >= 0.6 is 11.3 Å². The van der Waals surface area contributed by atoms with Gasteiger partial charge in [0.15, 0.2) is 0 Å². The molecule has 0 radical (unpaired) electrons. The molecule has 0 aliphatic rings. The Bertz CT molecular complexity index is 538. The minimum atomic E-state index is 0. The van der Waals surface area contributed by atoms with Crippen molar-refractivity contribution >= 4 is 11.3 Å². The van der Waals surface area contributed by atoms with Crippen LogP contribution in [0.4, 0.5) is 0 Å². The van der Waals surface area contributed by atoms with Crippen LogP contribution in [0.3, 0.4) is 0 Å². The first-order valence-electron chi connectivity index (χ1n) is 14.5. The highest BCUT2D eigenvalue weighted by atomic mass is 35.5. The van der Waals surface area contributed by atoms with E-state index in [2.05, 4.69) is 65.5 Å². The van der Waals surface area contributed by atoms with E-state index in [0.717, 1.165) is 8.97 Å². The maximum atomic E-state index is 2.42. The van der Waals surface area contributed by atoms with Gasteiger partial charge in [0.2, 0.25) is 0 Å². The Morgan fingerprint density at radius 3 is 1.09 bits per heavy atom. The first-order valence-corrected chi connectivity index (χ1v) is 15.3. The molecule has 5 heteroatoms. The number of unbranched alkanes of at least 4 members (excludes halogenated alkanes) is 14. The molecule has 210 valence electrons. The van der Waals surface area contributed by atoms with Crippen LogP contribution in [0.1, 0.15) is 126 Å². The summed E-state index contributed by atoms with van der Waals surface area (Å²) in [4.78, 5) is 3.14. The van der Waals surface area contributed by atoms with Crippen LogP contribution in [0, 0.1) is 0 Å². The SMILES string of the molecule is CCCCCCCCCC[N+](C)(C)Cc1ccc(C[N+](C)(C)CCCCCCCCCC)s1.[Cl-].[Cl-]. The second kappa shape index (κ2) is 22.2. The first-order chi connectivity index (χ1) is 15.8. The molecule has 0 amide bonds. The van der Waals surface area contributed by atoms with Crippen LogP contribution in [-0.2, 0) is 13.1 Å². The van der Waals surface area contributed by atoms with E-state index in [1.807, 2.05) is 0 Å². The number of halogens is 2. The topological polar surface area (TPSA) is 0 Å². The second-order valence-corrected chi connectivity index (χ2v) is 13.2. The molecule has 2 nitrogen and oxygen atoms in total. The maximum absolute atomic E-state index is 2.42. The lowest BCUT2D eigenvalue weighted by Gasteiger charge is -2.30. The minimum Gasteiger partial charge on any atom is -1.00 e. The van der Waals surface area contributed by atoms with Crippen molar-refractivity contribution in [2.75, 3.05) is 41.3 Å². The Kier molecular flexibility index (Phi) is 23.7. The third-order valence-electron chi connectivity index (χ3n) is 7.12. The normalized spacial score (nSPS) is 11.8. The summed E-state index contributed by atoms with van der Waals surface area (Å²) in [6.45, 7) is 9.59. The fourth-order valence-electron chi connectivity index (χ4n) is 4.94. The number of hydrogen-bond donors (Lipinski definition) is 0. The predicted molar refractivity (Wildman–Crippen MR) is 151 cm³/mol. The zero-order valence-corrected chi connectivity index (χ0v) is 26.7. The average Bonchev–Trinajstić information content (AvgIpc) is 3.17. The Hall–Kier alpha value is 0.200. The molecule has 0 aliphatic heterocycles. The molecular weight excluding hydrogens is 491 g/mol. The lowest BCUT2D eigenvalue weighted by Crippen LogP contribution is -3.00. The van der Waals surface area contributed by atoms with E-state index in [1.165, 1.54) is 129 Å². The van der Waals surface area contributed by atoms with Gasteiger partial charge in [0.25, 0.3) is 0 Å². The van der Waals surface area contributed by atoms with Gasteiger partial charge in [-0.1, -0.05) is 90.9 Å². The molecule has 0 atom stereocenters. The summed E-state index contributed by atoms with van der Waals surface area (Å²) in [5, 5.41) is 0.